The zero-order valence-corrected chi connectivity index (χ0v) is 34.1. The van der Waals surface area contributed by atoms with Gasteiger partial charge in [0, 0.05) is 102 Å². The number of rotatable bonds is 10. The minimum atomic E-state index is -0.511. The quantitative estimate of drug-likeness (QED) is 0.165. The molecule has 10 rings (SSSR count). The highest BCUT2D eigenvalue weighted by atomic mass is 19.1. The molecule has 1 N–H and O–H groups in total. The molecule has 0 amide bonds. The number of likely N-dealkylation sites (N-methyl/N-ethyl adjacent to an activating group) is 2. The minimum Gasteiger partial charge on any atom is -0.388 e. The van der Waals surface area contributed by atoms with Crippen LogP contribution in [0.4, 0.5) is 31.5 Å². The first-order valence-electron chi connectivity index (χ1n) is 21.6. The molecule has 0 radical (unpaired) electrons. The van der Waals surface area contributed by atoms with Crippen molar-refractivity contribution in [3.63, 3.8) is 0 Å². The first-order valence-corrected chi connectivity index (χ1v) is 21.6. The van der Waals surface area contributed by atoms with E-state index in [9.17, 15) is 18.7 Å². The monoisotopic (exact) mass is 788 g/mol. The Morgan fingerprint density at radius 2 is 1.16 bits per heavy atom. The fraction of sp³-hybridized carbons (Fsp3) is 0.479. The van der Waals surface area contributed by atoms with Crippen LogP contribution in [0.25, 0.3) is 0 Å². The SMILES string of the molecule is CN1CCN2c3c(cccc31)[C@@H]1CN(CCCC(=O)c3ccc(F)cc3)CC[C@@H]12.CN1CCN2c3c(cccc31)[C@@H]1CN(CCCC(O)c3ccc(F)cc3)CC[C@@H]12. The maximum Gasteiger partial charge on any atom is 0.162 e. The number of benzene rings is 4. The number of hydrogen-bond donors (Lipinski definition) is 1. The van der Waals surface area contributed by atoms with Crippen LogP contribution in [0.5, 0.6) is 0 Å². The average Bonchev–Trinajstić information content (AvgIpc) is 3.74. The van der Waals surface area contributed by atoms with E-state index in [1.165, 1.54) is 71.0 Å². The van der Waals surface area contributed by atoms with Gasteiger partial charge in [0.2, 0.25) is 0 Å². The number of halogens is 2. The molecule has 2 fully saturated rings. The summed E-state index contributed by atoms with van der Waals surface area (Å²) in [6, 6.07) is 27.0. The molecule has 4 aromatic rings. The summed E-state index contributed by atoms with van der Waals surface area (Å²) in [5, 5.41) is 10.4. The number of anilines is 4. The number of piperidine rings is 2. The van der Waals surface area contributed by atoms with E-state index in [-0.39, 0.29) is 17.4 Å². The number of hydrogen-bond acceptors (Lipinski definition) is 8. The minimum absolute atomic E-state index is 0.107. The summed E-state index contributed by atoms with van der Waals surface area (Å²) in [6.45, 7) is 10.8. The molecule has 6 aliphatic rings. The van der Waals surface area contributed by atoms with Crippen LogP contribution in [-0.2, 0) is 0 Å². The molecule has 306 valence electrons. The number of para-hydroxylation sites is 2. The third-order valence-electron chi connectivity index (χ3n) is 14.0. The van der Waals surface area contributed by atoms with Gasteiger partial charge in [-0.05, 0) is 110 Å². The van der Waals surface area contributed by atoms with Gasteiger partial charge in [0.25, 0.3) is 0 Å². The van der Waals surface area contributed by atoms with Gasteiger partial charge in [-0.25, -0.2) is 8.78 Å². The van der Waals surface area contributed by atoms with E-state index >= 15 is 0 Å². The molecule has 4 aromatic carbocycles. The van der Waals surface area contributed by atoms with E-state index in [2.05, 4.69) is 79.9 Å². The Kier molecular flexibility index (Phi) is 11.2. The van der Waals surface area contributed by atoms with Crippen molar-refractivity contribution in [3.8, 4) is 0 Å². The first-order chi connectivity index (χ1) is 28.2. The van der Waals surface area contributed by atoms with Gasteiger partial charge in [0.05, 0.1) is 28.9 Å². The highest BCUT2D eigenvalue weighted by Gasteiger charge is 2.45. The largest absolute Gasteiger partial charge is 0.388 e. The van der Waals surface area contributed by atoms with Gasteiger partial charge in [-0.3, -0.25) is 4.79 Å². The molecule has 0 aliphatic carbocycles. The van der Waals surface area contributed by atoms with Crippen LogP contribution in [0.3, 0.4) is 0 Å². The molecule has 0 bridgehead atoms. The lowest BCUT2D eigenvalue weighted by Crippen LogP contribution is -2.49. The van der Waals surface area contributed by atoms with Crippen LogP contribution >= 0.6 is 0 Å². The number of carbonyl (C=O) groups excluding carboxylic acids is 1. The average molecular weight is 789 g/mol. The summed E-state index contributed by atoms with van der Waals surface area (Å²) in [4.78, 5) is 27.5. The van der Waals surface area contributed by atoms with E-state index in [1.807, 2.05) is 0 Å². The standard InChI is InChI=1S/C24H30FN3O.C24H28FN3O/c2*1-26-14-15-28-21-11-13-27(16-20(21)19-4-2-5-22(26)24(19)28)12-3-6-23(29)17-7-9-18(25)10-8-17/h2,4-5,7-10,20-21,23,29H,3,6,11-16H2,1H3;2,4-5,7-10,20-21H,3,6,11-16H2,1H3/t20-,21-,23?;20-,21-/m00/s1. The second-order valence-electron chi connectivity index (χ2n) is 17.4. The number of likely N-dealkylation sites (tertiary alicyclic amines) is 2. The van der Waals surface area contributed by atoms with Crippen LogP contribution in [0.2, 0.25) is 0 Å². The fourth-order valence-electron chi connectivity index (χ4n) is 11.0. The summed E-state index contributed by atoms with van der Waals surface area (Å²) in [5.41, 5.74) is 10.1. The van der Waals surface area contributed by atoms with Crippen molar-refractivity contribution in [1.29, 1.82) is 0 Å². The molecule has 0 saturated carbocycles. The Balaban J connectivity index is 0.000000150. The van der Waals surface area contributed by atoms with Crippen molar-refractivity contribution in [2.24, 2.45) is 0 Å². The van der Waals surface area contributed by atoms with Crippen LogP contribution in [0, 0.1) is 11.6 Å². The Morgan fingerprint density at radius 3 is 1.69 bits per heavy atom. The highest BCUT2D eigenvalue weighted by molar-refractivity contribution is 5.96. The number of fused-ring (bicyclic) bond motifs is 6. The molecule has 1 unspecified atom stereocenters. The van der Waals surface area contributed by atoms with Crippen molar-refractivity contribution >= 4 is 28.5 Å². The number of carbonyl (C=O) groups is 1. The Hall–Kier alpha value is -4.51. The molecule has 5 atom stereocenters. The maximum atomic E-state index is 13.1. The normalized spacial score (nSPS) is 23.7. The second kappa shape index (κ2) is 16.6. The van der Waals surface area contributed by atoms with E-state index < -0.39 is 6.10 Å². The molecule has 8 nitrogen and oxygen atoms in total. The topological polar surface area (TPSA) is 56.7 Å². The van der Waals surface area contributed by atoms with Gasteiger partial charge in [-0.15, -0.1) is 0 Å². The Morgan fingerprint density at radius 1 is 0.655 bits per heavy atom. The molecule has 58 heavy (non-hydrogen) atoms. The Labute approximate surface area is 342 Å². The molecule has 6 aliphatic heterocycles. The van der Waals surface area contributed by atoms with Crippen molar-refractivity contribution in [2.45, 2.75) is 68.5 Å². The van der Waals surface area contributed by atoms with Gasteiger partial charge in [0.1, 0.15) is 11.6 Å². The van der Waals surface area contributed by atoms with E-state index in [0.29, 0.717) is 42.3 Å². The second-order valence-corrected chi connectivity index (χ2v) is 17.4. The maximum absolute atomic E-state index is 13.1. The molecule has 0 aromatic heterocycles. The zero-order chi connectivity index (χ0) is 39.9. The van der Waals surface area contributed by atoms with Crippen LogP contribution in [-0.4, -0.2) is 112 Å². The lowest BCUT2D eigenvalue weighted by atomic mass is 9.89. The summed E-state index contributed by atoms with van der Waals surface area (Å²) in [6.07, 6.45) is 4.93. The van der Waals surface area contributed by atoms with Crippen molar-refractivity contribution in [3.05, 3.63) is 119 Å². The Bertz CT molecular complexity index is 2080. The summed E-state index contributed by atoms with van der Waals surface area (Å²) in [7, 11) is 4.40. The van der Waals surface area contributed by atoms with Gasteiger partial charge < -0.3 is 34.5 Å². The van der Waals surface area contributed by atoms with Crippen molar-refractivity contribution in [2.75, 3.05) is 99.1 Å². The number of Topliss-reactive ketones (excluding diaryl/α,β-unsaturated/α-hetero) is 1. The van der Waals surface area contributed by atoms with Crippen LogP contribution in [0.15, 0.2) is 84.9 Å². The third kappa shape index (κ3) is 7.59. The van der Waals surface area contributed by atoms with Crippen LogP contribution in [0.1, 0.15) is 83.5 Å². The smallest absolute Gasteiger partial charge is 0.162 e. The van der Waals surface area contributed by atoms with Crippen LogP contribution < -0.4 is 19.6 Å². The first kappa shape index (κ1) is 39.0. The molecule has 0 spiro atoms. The molecule has 2 saturated heterocycles. The molecular formula is C48H58F2N6O2. The number of aliphatic hydroxyl groups is 1. The predicted molar refractivity (Wildman–Crippen MR) is 230 cm³/mol. The lowest BCUT2D eigenvalue weighted by molar-refractivity contribution is 0.0971. The summed E-state index contributed by atoms with van der Waals surface area (Å²) < 4.78 is 26.1. The number of nitrogens with zero attached hydrogens (tertiary/aromatic N) is 6. The third-order valence-corrected chi connectivity index (χ3v) is 14.0. The lowest BCUT2D eigenvalue weighted by Gasteiger charge is -2.41. The predicted octanol–water partition coefficient (Wildman–Crippen LogP) is 7.68. The molecular weight excluding hydrogens is 731 g/mol. The molecule has 6 heterocycles. The fourth-order valence-corrected chi connectivity index (χ4v) is 11.0. The highest BCUT2D eigenvalue weighted by Crippen LogP contribution is 2.51. The molecule has 10 heteroatoms. The van der Waals surface area contributed by atoms with E-state index in [1.54, 1.807) is 24.3 Å². The van der Waals surface area contributed by atoms with E-state index in [0.717, 1.165) is 83.9 Å². The number of aliphatic hydroxyl groups excluding tert-OH is 1. The van der Waals surface area contributed by atoms with Gasteiger partial charge in [0.15, 0.2) is 5.78 Å². The van der Waals surface area contributed by atoms with Gasteiger partial charge >= 0.3 is 0 Å². The van der Waals surface area contributed by atoms with E-state index in [4.69, 9.17) is 0 Å². The van der Waals surface area contributed by atoms with Gasteiger partial charge in [-0.2, -0.15) is 0 Å². The van der Waals surface area contributed by atoms with Gasteiger partial charge in [-0.1, -0.05) is 36.4 Å². The van der Waals surface area contributed by atoms with Crippen molar-refractivity contribution < 1.29 is 18.7 Å². The summed E-state index contributed by atoms with van der Waals surface area (Å²) >= 11 is 0. The zero-order valence-electron chi connectivity index (χ0n) is 34.1. The summed E-state index contributed by atoms with van der Waals surface area (Å²) in [5.74, 6) is 0.711. The van der Waals surface area contributed by atoms with Crippen molar-refractivity contribution in [1.82, 2.24) is 9.80 Å². The number of ketones is 1.